The Bertz CT molecular complexity index is 935. The summed E-state index contributed by atoms with van der Waals surface area (Å²) in [5.74, 6) is 1.27. The molecule has 1 amide bonds. The fourth-order valence-electron chi connectivity index (χ4n) is 2.97. The van der Waals surface area contributed by atoms with Crippen molar-refractivity contribution >= 4 is 15.7 Å². The number of nitrogens with one attached hydrogen (secondary N) is 1. The molecule has 0 bridgehead atoms. The molecule has 2 aromatic carbocycles. The van der Waals surface area contributed by atoms with Gasteiger partial charge < -0.3 is 14.8 Å². The van der Waals surface area contributed by atoms with E-state index in [1.165, 1.54) is 24.3 Å². The predicted octanol–water partition coefficient (Wildman–Crippen LogP) is 2.99. The van der Waals surface area contributed by atoms with Crippen molar-refractivity contribution in [1.29, 1.82) is 0 Å². The number of benzene rings is 2. The fraction of sp³-hybridized carbons (Fsp3) is 0.350. The standard InChI is InChI=1S/C20H23NO5S/c1-13(2)19(15-6-9-17-18(12-15)26-11-10-25-17)21-20(22)14-4-7-16(8-5-14)27(3,23)24/h4-9,12-13,19H,10-11H2,1-3H3,(H,21,22)/t19-/m0/s1. The average Bonchev–Trinajstić information content (AvgIpc) is 2.64. The van der Waals surface area contributed by atoms with Crippen LogP contribution in [-0.4, -0.2) is 33.8 Å². The summed E-state index contributed by atoms with van der Waals surface area (Å²) in [7, 11) is -3.29. The first-order chi connectivity index (χ1) is 12.8. The van der Waals surface area contributed by atoms with Gasteiger partial charge in [0, 0.05) is 11.8 Å². The molecule has 1 heterocycles. The zero-order chi connectivity index (χ0) is 19.6. The van der Waals surface area contributed by atoms with Crippen LogP contribution in [0, 0.1) is 5.92 Å². The molecule has 0 saturated carbocycles. The summed E-state index contributed by atoms with van der Waals surface area (Å²) in [4.78, 5) is 12.9. The van der Waals surface area contributed by atoms with Gasteiger partial charge in [0.2, 0.25) is 0 Å². The molecule has 27 heavy (non-hydrogen) atoms. The van der Waals surface area contributed by atoms with Crippen LogP contribution in [0.3, 0.4) is 0 Å². The number of hydrogen-bond acceptors (Lipinski definition) is 5. The van der Waals surface area contributed by atoms with Crippen LogP contribution in [0.2, 0.25) is 0 Å². The monoisotopic (exact) mass is 389 g/mol. The minimum Gasteiger partial charge on any atom is -0.486 e. The summed E-state index contributed by atoms with van der Waals surface area (Å²) in [5.41, 5.74) is 1.33. The second-order valence-electron chi connectivity index (χ2n) is 6.89. The van der Waals surface area contributed by atoms with Crippen LogP contribution in [-0.2, 0) is 9.84 Å². The van der Waals surface area contributed by atoms with Crippen LogP contribution in [0.15, 0.2) is 47.4 Å². The molecule has 1 atom stereocenters. The molecule has 0 aromatic heterocycles. The largest absolute Gasteiger partial charge is 0.486 e. The number of amides is 1. The zero-order valence-corrected chi connectivity index (χ0v) is 16.4. The second-order valence-corrected chi connectivity index (χ2v) is 8.91. The minimum absolute atomic E-state index is 0.145. The molecule has 1 aliphatic heterocycles. The molecule has 6 nitrogen and oxygen atoms in total. The summed E-state index contributed by atoms with van der Waals surface area (Å²) in [5, 5.41) is 3.03. The molecule has 0 aliphatic carbocycles. The van der Waals surface area contributed by atoms with E-state index in [0.29, 0.717) is 30.3 Å². The predicted molar refractivity (Wildman–Crippen MR) is 102 cm³/mol. The highest BCUT2D eigenvalue weighted by atomic mass is 32.2. The SMILES string of the molecule is CC(C)[C@H](NC(=O)c1ccc(S(C)(=O)=O)cc1)c1ccc2c(c1)OCCO2. The smallest absolute Gasteiger partial charge is 0.251 e. The first kappa shape index (κ1) is 19.2. The highest BCUT2D eigenvalue weighted by Gasteiger charge is 2.22. The topological polar surface area (TPSA) is 81.7 Å². The lowest BCUT2D eigenvalue weighted by Gasteiger charge is -2.25. The number of carbonyl (C=O) groups excluding carboxylic acids is 1. The minimum atomic E-state index is -3.29. The Morgan fingerprint density at radius 1 is 1.00 bits per heavy atom. The quantitative estimate of drug-likeness (QED) is 0.850. The van der Waals surface area contributed by atoms with Crippen molar-refractivity contribution in [2.24, 2.45) is 5.92 Å². The lowest BCUT2D eigenvalue weighted by molar-refractivity contribution is 0.0925. The maximum atomic E-state index is 12.7. The lowest BCUT2D eigenvalue weighted by Crippen LogP contribution is -2.32. The van der Waals surface area contributed by atoms with Gasteiger partial charge in [-0.15, -0.1) is 0 Å². The number of fused-ring (bicyclic) bond motifs is 1. The normalized spacial score (nSPS) is 14.7. The number of carbonyl (C=O) groups is 1. The Hall–Kier alpha value is -2.54. The molecule has 0 radical (unpaired) electrons. The van der Waals surface area contributed by atoms with Gasteiger partial charge in [0.25, 0.3) is 5.91 Å². The molecule has 1 aliphatic rings. The first-order valence-corrected chi connectivity index (χ1v) is 10.7. The third-order valence-corrected chi connectivity index (χ3v) is 5.55. The van der Waals surface area contributed by atoms with Crippen LogP contribution in [0.5, 0.6) is 11.5 Å². The summed E-state index contributed by atoms with van der Waals surface area (Å²) >= 11 is 0. The Morgan fingerprint density at radius 3 is 2.22 bits per heavy atom. The summed E-state index contributed by atoms with van der Waals surface area (Å²) in [6.45, 7) is 5.07. The number of rotatable bonds is 5. The van der Waals surface area contributed by atoms with E-state index in [0.717, 1.165) is 11.8 Å². The average molecular weight is 389 g/mol. The fourth-order valence-corrected chi connectivity index (χ4v) is 3.60. The summed E-state index contributed by atoms with van der Waals surface area (Å²) in [6.07, 6.45) is 1.14. The molecule has 1 N–H and O–H groups in total. The van der Waals surface area contributed by atoms with Crippen molar-refractivity contribution in [3.8, 4) is 11.5 Å². The van der Waals surface area contributed by atoms with Gasteiger partial charge in [-0.3, -0.25) is 4.79 Å². The van der Waals surface area contributed by atoms with Gasteiger partial charge in [0.05, 0.1) is 10.9 Å². The van der Waals surface area contributed by atoms with E-state index in [-0.39, 0.29) is 22.8 Å². The maximum absolute atomic E-state index is 12.7. The van der Waals surface area contributed by atoms with Crippen LogP contribution in [0.4, 0.5) is 0 Å². The van der Waals surface area contributed by atoms with Crippen molar-refractivity contribution in [1.82, 2.24) is 5.32 Å². The molecular weight excluding hydrogens is 366 g/mol. The van der Waals surface area contributed by atoms with E-state index in [2.05, 4.69) is 5.32 Å². The Labute approximate surface area is 159 Å². The molecule has 0 saturated heterocycles. The molecule has 0 fully saturated rings. The highest BCUT2D eigenvalue weighted by Crippen LogP contribution is 2.34. The van der Waals surface area contributed by atoms with Crippen molar-refractivity contribution in [2.75, 3.05) is 19.5 Å². The van der Waals surface area contributed by atoms with Gasteiger partial charge in [-0.1, -0.05) is 19.9 Å². The van der Waals surface area contributed by atoms with Crippen molar-refractivity contribution in [2.45, 2.75) is 24.8 Å². The van der Waals surface area contributed by atoms with E-state index in [9.17, 15) is 13.2 Å². The number of ether oxygens (including phenoxy) is 2. The van der Waals surface area contributed by atoms with Gasteiger partial charge in [-0.05, 0) is 47.9 Å². The van der Waals surface area contributed by atoms with E-state index < -0.39 is 9.84 Å². The lowest BCUT2D eigenvalue weighted by atomic mass is 9.95. The van der Waals surface area contributed by atoms with E-state index in [1.807, 2.05) is 32.0 Å². The van der Waals surface area contributed by atoms with Gasteiger partial charge in [-0.25, -0.2) is 8.42 Å². The van der Waals surface area contributed by atoms with Gasteiger partial charge in [0.1, 0.15) is 13.2 Å². The van der Waals surface area contributed by atoms with Crippen molar-refractivity contribution in [3.05, 3.63) is 53.6 Å². The molecular formula is C20H23NO5S. The molecule has 2 aromatic rings. The van der Waals surface area contributed by atoms with Crippen LogP contribution < -0.4 is 14.8 Å². The Kier molecular flexibility index (Phi) is 5.41. The molecule has 0 unspecified atom stereocenters. The van der Waals surface area contributed by atoms with Crippen molar-refractivity contribution in [3.63, 3.8) is 0 Å². The Morgan fingerprint density at radius 2 is 1.63 bits per heavy atom. The van der Waals surface area contributed by atoms with Gasteiger partial charge in [-0.2, -0.15) is 0 Å². The highest BCUT2D eigenvalue weighted by molar-refractivity contribution is 7.90. The van der Waals surface area contributed by atoms with E-state index in [1.54, 1.807) is 0 Å². The second kappa shape index (κ2) is 7.60. The molecule has 144 valence electrons. The van der Waals surface area contributed by atoms with Crippen LogP contribution in [0.25, 0.3) is 0 Å². The summed E-state index contributed by atoms with van der Waals surface area (Å²) < 4.78 is 34.3. The summed E-state index contributed by atoms with van der Waals surface area (Å²) in [6, 6.07) is 11.4. The molecule has 7 heteroatoms. The first-order valence-electron chi connectivity index (χ1n) is 8.76. The third-order valence-electron chi connectivity index (χ3n) is 4.42. The molecule has 3 rings (SSSR count). The van der Waals surface area contributed by atoms with Gasteiger partial charge in [0.15, 0.2) is 21.3 Å². The van der Waals surface area contributed by atoms with Crippen LogP contribution >= 0.6 is 0 Å². The zero-order valence-electron chi connectivity index (χ0n) is 15.6. The number of hydrogen-bond donors (Lipinski definition) is 1. The third kappa shape index (κ3) is 4.42. The van der Waals surface area contributed by atoms with E-state index in [4.69, 9.17) is 9.47 Å². The van der Waals surface area contributed by atoms with Gasteiger partial charge >= 0.3 is 0 Å². The maximum Gasteiger partial charge on any atom is 0.251 e. The Balaban J connectivity index is 1.81. The van der Waals surface area contributed by atoms with Crippen LogP contribution in [0.1, 0.15) is 35.8 Å². The number of sulfone groups is 1. The molecule has 0 spiro atoms. The van der Waals surface area contributed by atoms with E-state index >= 15 is 0 Å². The van der Waals surface area contributed by atoms with Crippen molar-refractivity contribution < 1.29 is 22.7 Å².